The largest absolute Gasteiger partial charge is 0.507 e. The molecular formula is C27H21NO8. The zero-order valence-electron chi connectivity index (χ0n) is 18.9. The molecule has 36 heavy (non-hydrogen) atoms. The lowest BCUT2D eigenvalue weighted by molar-refractivity contribution is -0.175. The van der Waals surface area contributed by atoms with Crippen LogP contribution in [-0.2, 0) is 25.6 Å². The number of Topliss-reactive ketones (excluding diaryl/α,β-unsaturated/α-hetero) is 4. The van der Waals surface area contributed by atoms with Gasteiger partial charge in [0.2, 0.25) is 5.91 Å². The number of fused-ring (bicyclic) bond motifs is 4. The summed E-state index contributed by atoms with van der Waals surface area (Å²) in [5.74, 6) is -9.84. The van der Waals surface area contributed by atoms with Crippen LogP contribution in [0, 0.1) is 23.7 Å². The molecule has 2 fully saturated rings. The van der Waals surface area contributed by atoms with E-state index < -0.39 is 58.3 Å². The minimum Gasteiger partial charge on any atom is -0.507 e. The fraction of sp³-hybridized carbons (Fsp3) is 0.296. The number of amides is 1. The van der Waals surface area contributed by atoms with Gasteiger partial charge >= 0.3 is 0 Å². The van der Waals surface area contributed by atoms with Gasteiger partial charge in [-0.15, -0.1) is 0 Å². The lowest BCUT2D eigenvalue weighted by Gasteiger charge is -2.48. The molecular weight excluding hydrogens is 466 g/mol. The maximum atomic E-state index is 13.6. The number of hydrogen-bond acceptors (Lipinski definition) is 8. The second-order valence-corrected chi connectivity index (χ2v) is 9.87. The van der Waals surface area contributed by atoms with Crippen LogP contribution in [0.4, 0.5) is 0 Å². The SMILES string of the molecule is NC(=O)C1C(=O)C[C@@H]2C[C@@H]3Cc4c(-c5cc6ccccc6o5)ccc(O)c4C(=O)C3C(=O)[C@]2(O)C1=O. The van der Waals surface area contributed by atoms with Gasteiger partial charge in [0, 0.05) is 23.3 Å². The van der Waals surface area contributed by atoms with Crippen LogP contribution in [0.2, 0.25) is 0 Å². The van der Waals surface area contributed by atoms with Crippen LogP contribution >= 0.6 is 0 Å². The number of carbonyl (C=O) groups is 5. The van der Waals surface area contributed by atoms with Crippen molar-refractivity contribution in [1.29, 1.82) is 0 Å². The van der Waals surface area contributed by atoms with Crippen LogP contribution in [0.1, 0.15) is 28.8 Å². The van der Waals surface area contributed by atoms with Gasteiger partial charge in [-0.3, -0.25) is 24.0 Å². The molecule has 3 aliphatic rings. The normalized spacial score (nSPS) is 29.6. The van der Waals surface area contributed by atoms with Crippen molar-refractivity contribution in [2.24, 2.45) is 29.4 Å². The van der Waals surface area contributed by atoms with Crippen molar-refractivity contribution < 1.29 is 38.6 Å². The van der Waals surface area contributed by atoms with Crippen LogP contribution in [0.5, 0.6) is 5.75 Å². The summed E-state index contributed by atoms with van der Waals surface area (Å²) in [7, 11) is 0. The Morgan fingerprint density at radius 1 is 1.03 bits per heavy atom. The third-order valence-corrected chi connectivity index (χ3v) is 7.98. The number of phenols is 1. The van der Waals surface area contributed by atoms with Crippen LogP contribution in [0.3, 0.4) is 0 Å². The number of aliphatic hydroxyl groups is 1. The molecule has 3 aliphatic carbocycles. The lowest BCUT2D eigenvalue weighted by Crippen LogP contribution is -2.68. The predicted molar refractivity (Wildman–Crippen MR) is 124 cm³/mol. The van der Waals surface area contributed by atoms with Gasteiger partial charge in [0.15, 0.2) is 34.7 Å². The van der Waals surface area contributed by atoms with E-state index in [1.165, 1.54) is 6.07 Å². The monoisotopic (exact) mass is 487 g/mol. The van der Waals surface area contributed by atoms with Crippen molar-refractivity contribution >= 4 is 40.0 Å². The highest BCUT2D eigenvalue weighted by atomic mass is 16.3. The highest BCUT2D eigenvalue weighted by Gasteiger charge is 2.66. The van der Waals surface area contributed by atoms with Crippen molar-refractivity contribution in [3.8, 4) is 17.1 Å². The van der Waals surface area contributed by atoms with Crippen molar-refractivity contribution in [3.05, 3.63) is 53.6 Å². The van der Waals surface area contributed by atoms with Gasteiger partial charge in [-0.05, 0) is 48.6 Å². The molecule has 9 heteroatoms. The lowest BCUT2D eigenvalue weighted by atomic mass is 9.53. The third kappa shape index (κ3) is 2.83. The van der Waals surface area contributed by atoms with Crippen LogP contribution in [0.15, 0.2) is 46.9 Å². The molecule has 0 saturated heterocycles. The van der Waals surface area contributed by atoms with E-state index in [0.29, 0.717) is 22.5 Å². The zero-order chi connectivity index (χ0) is 25.5. The summed E-state index contributed by atoms with van der Waals surface area (Å²) in [6.07, 6.45) is -0.148. The summed E-state index contributed by atoms with van der Waals surface area (Å²) in [6, 6.07) is 12.2. The summed E-state index contributed by atoms with van der Waals surface area (Å²) in [6.45, 7) is 0. The molecule has 4 N–H and O–H groups in total. The average molecular weight is 487 g/mol. The van der Waals surface area contributed by atoms with E-state index in [1.54, 1.807) is 6.07 Å². The molecule has 0 bridgehead atoms. The number of rotatable bonds is 2. The topological polar surface area (TPSA) is 165 Å². The summed E-state index contributed by atoms with van der Waals surface area (Å²) in [5.41, 5.74) is 4.22. The van der Waals surface area contributed by atoms with Crippen LogP contribution in [0.25, 0.3) is 22.3 Å². The molecule has 2 unspecified atom stereocenters. The van der Waals surface area contributed by atoms with Gasteiger partial charge in [-0.2, -0.15) is 0 Å². The number of hydrogen-bond donors (Lipinski definition) is 3. The van der Waals surface area contributed by atoms with Crippen molar-refractivity contribution in [2.45, 2.75) is 24.9 Å². The van der Waals surface area contributed by atoms with Crippen molar-refractivity contribution in [2.75, 3.05) is 0 Å². The Labute approximate surface area is 203 Å². The van der Waals surface area contributed by atoms with E-state index in [1.807, 2.05) is 30.3 Å². The second-order valence-electron chi connectivity index (χ2n) is 9.87. The Kier molecular flexibility index (Phi) is 4.62. The van der Waals surface area contributed by atoms with Gasteiger partial charge in [-0.1, -0.05) is 18.2 Å². The van der Waals surface area contributed by atoms with Crippen LogP contribution < -0.4 is 5.73 Å². The minimum atomic E-state index is -2.66. The highest BCUT2D eigenvalue weighted by molar-refractivity contribution is 6.31. The molecule has 0 spiro atoms. The summed E-state index contributed by atoms with van der Waals surface area (Å²) >= 11 is 0. The maximum absolute atomic E-state index is 13.6. The molecule has 5 atom stereocenters. The van der Waals surface area contributed by atoms with E-state index in [9.17, 15) is 34.2 Å². The van der Waals surface area contributed by atoms with Crippen LogP contribution in [-0.4, -0.2) is 44.9 Å². The number of aromatic hydroxyl groups is 1. The molecule has 0 aliphatic heterocycles. The van der Waals surface area contributed by atoms with Crippen molar-refractivity contribution in [1.82, 2.24) is 0 Å². The average Bonchev–Trinajstić information content (AvgIpc) is 3.25. The Balaban J connectivity index is 1.46. The number of benzene rings is 2. The molecule has 9 nitrogen and oxygen atoms in total. The summed E-state index contributed by atoms with van der Waals surface area (Å²) in [5, 5.41) is 22.7. The number of ketones is 4. The molecule has 0 radical (unpaired) electrons. The second kappa shape index (κ2) is 7.44. The van der Waals surface area contributed by atoms with Gasteiger partial charge in [-0.25, -0.2) is 0 Å². The number of para-hydroxylation sites is 1. The van der Waals surface area contributed by atoms with Gasteiger partial charge in [0.05, 0.1) is 11.5 Å². The minimum absolute atomic E-state index is 0.0380. The van der Waals surface area contributed by atoms with Gasteiger partial charge in [0.25, 0.3) is 0 Å². The molecule has 2 aromatic carbocycles. The molecule has 1 heterocycles. The molecule has 1 aromatic heterocycles. The fourth-order valence-corrected chi connectivity index (χ4v) is 6.31. The van der Waals surface area contributed by atoms with Crippen molar-refractivity contribution in [3.63, 3.8) is 0 Å². The summed E-state index contributed by atoms with van der Waals surface area (Å²) < 4.78 is 5.98. The van der Waals surface area contributed by atoms with E-state index in [-0.39, 0.29) is 30.6 Å². The van der Waals surface area contributed by atoms with E-state index in [2.05, 4.69) is 0 Å². The van der Waals surface area contributed by atoms with Gasteiger partial charge in [0.1, 0.15) is 17.1 Å². The first-order chi connectivity index (χ1) is 17.1. The number of carbonyl (C=O) groups excluding carboxylic acids is 5. The third-order valence-electron chi connectivity index (χ3n) is 7.98. The number of primary amides is 1. The molecule has 6 rings (SSSR count). The Bertz CT molecular complexity index is 1500. The van der Waals surface area contributed by atoms with E-state index in [4.69, 9.17) is 10.2 Å². The maximum Gasteiger partial charge on any atom is 0.235 e. The highest BCUT2D eigenvalue weighted by Crippen LogP contribution is 2.51. The summed E-state index contributed by atoms with van der Waals surface area (Å²) in [4.78, 5) is 64.4. The standard InChI is InChI=1S/C27H21NO8/c28-26(34)22-17(30)10-13-7-12-8-15-14(19-9-11-3-1-2-4-18(11)36-19)5-6-16(29)21(15)23(31)20(12)24(32)27(13,35)25(22)33/h1-6,9,12-13,20,22,29,35H,7-8,10H2,(H2,28,34)/t12-,13+,20?,22?,27+/m1/s1. The first kappa shape index (κ1) is 22.4. The predicted octanol–water partition coefficient (Wildman–Crippen LogP) is 1.74. The van der Waals surface area contributed by atoms with Gasteiger partial charge < -0.3 is 20.4 Å². The number of nitrogens with two attached hydrogens (primary N) is 1. The molecule has 2 saturated carbocycles. The van der Waals surface area contributed by atoms with E-state index in [0.717, 1.165) is 5.39 Å². The molecule has 3 aromatic rings. The fourth-order valence-electron chi connectivity index (χ4n) is 6.31. The zero-order valence-corrected chi connectivity index (χ0v) is 18.9. The number of phenolic OH excluding ortho intramolecular Hbond substituents is 1. The first-order valence-corrected chi connectivity index (χ1v) is 11.6. The molecule has 182 valence electrons. The molecule has 1 amide bonds. The smallest absolute Gasteiger partial charge is 0.235 e. The number of furan rings is 1. The quantitative estimate of drug-likeness (QED) is 0.460. The van der Waals surface area contributed by atoms with E-state index >= 15 is 0 Å². The Morgan fingerprint density at radius 2 is 1.78 bits per heavy atom. The Hall–Kier alpha value is -4.11. The Morgan fingerprint density at radius 3 is 2.50 bits per heavy atom. The first-order valence-electron chi connectivity index (χ1n) is 11.6.